The van der Waals surface area contributed by atoms with Crippen molar-refractivity contribution in [2.45, 2.75) is 13.0 Å². The molecule has 0 bridgehead atoms. The van der Waals surface area contributed by atoms with Crippen LogP contribution in [0, 0.1) is 0 Å². The van der Waals surface area contributed by atoms with Crippen LogP contribution in [-0.4, -0.2) is 37.4 Å². The van der Waals surface area contributed by atoms with Gasteiger partial charge in [0.1, 0.15) is 15.0 Å². The zero-order chi connectivity index (χ0) is 13.9. The lowest BCUT2D eigenvalue weighted by atomic mass is 10.2. The second-order valence-corrected chi connectivity index (χ2v) is 6.62. The Morgan fingerprint density at radius 1 is 1.61 bits per heavy atom. The minimum atomic E-state index is -3.16. The van der Waals surface area contributed by atoms with Crippen LogP contribution in [0.25, 0.3) is 0 Å². The minimum absolute atomic E-state index is 0.0215. The zero-order valence-corrected chi connectivity index (χ0v) is 11.5. The number of nitrogens with two attached hydrogens (primary N) is 1. The van der Waals surface area contributed by atoms with E-state index in [9.17, 15) is 13.2 Å². The normalized spacial score (nSPS) is 13.1. The van der Waals surface area contributed by atoms with Gasteiger partial charge in [-0.2, -0.15) is 0 Å². The highest BCUT2D eigenvalue weighted by molar-refractivity contribution is 7.90. The Hall–Kier alpha value is -1.34. The number of rotatable bonds is 4. The van der Waals surface area contributed by atoms with Crippen molar-refractivity contribution in [3.63, 3.8) is 0 Å². The fraction of sp³-hybridized carbons (Fsp3) is 0.400. The second-order valence-electron chi connectivity index (χ2n) is 4.07. The standard InChI is InChI=1S/C10H14ClN3O3S/c1-6(5-18(2,16)17)14-10(15)8-3-7(12)4-13-9(8)11/h3-4,6H,5,12H2,1-2H3,(H,14,15). The highest BCUT2D eigenvalue weighted by Crippen LogP contribution is 2.15. The summed E-state index contributed by atoms with van der Waals surface area (Å²) in [6.45, 7) is 1.59. The number of aromatic nitrogens is 1. The summed E-state index contributed by atoms with van der Waals surface area (Å²) in [5, 5.41) is 2.54. The molecule has 0 aromatic carbocycles. The third kappa shape index (κ3) is 4.50. The SMILES string of the molecule is CC(CS(C)(=O)=O)NC(=O)c1cc(N)cnc1Cl. The lowest BCUT2D eigenvalue weighted by molar-refractivity contribution is 0.0943. The van der Waals surface area contributed by atoms with Gasteiger partial charge in [-0.25, -0.2) is 13.4 Å². The summed E-state index contributed by atoms with van der Waals surface area (Å²) in [5.74, 6) is -0.650. The molecule has 1 atom stereocenters. The van der Waals surface area contributed by atoms with Crippen molar-refractivity contribution in [3.05, 3.63) is 23.0 Å². The van der Waals surface area contributed by atoms with E-state index in [2.05, 4.69) is 10.3 Å². The molecular weight excluding hydrogens is 278 g/mol. The fourth-order valence-corrected chi connectivity index (χ4v) is 2.60. The van der Waals surface area contributed by atoms with E-state index in [1.54, 1.807) is 6.92 Å². The van der Waals surface area contributed by atoms with Crippen molar-refractivity contribution in [1.82, 2.24) is 10.3 Å². The van der Waals surface area contributed by atoms with Gasteiger partial charge in [0.15, 0.2) is 0 Å². The van der Waals surface area contributed by atoms with Gasteiger partial charge in [0.25, 0.3) is 5.91 Å². The van der Waals surface area contributed by atoms with Crippen molar-refractivity contribution in [1.29, 1.82) is 0 Å². The predicted octanol–water partition coefficient (Wildman–Crippen LogP) is 0.480. The molecule has 3 N–H and O–H groups in total. The number of anilines is 1. The van der Waals surface area contributed by atoms with Crippen LogP contribution in [0.2, 0.25) is 5.15 Å². The van der Waals surface area contributed by atoms with Crippen LogP contribution in [0.3, 0.4) is 0 Å². The highest BCUT2D eigenvalue weighted by atomic mass is 35.5. The Kier molecular flexibility index (Phi) is 4.53. The second kappa shape index (κ2) is 5.53. The van der Waals surface area contributed by atoms with Crippen LogP contribution in [0.15, 0.2) is 12.3 Å². The number of sulfone groups is 1. The fourth-order valence-electron chi connectivity index (χ4n) is 1.42. The van der Waals surface area contributed by atoms with Crippen LogP contribution in [0.5, 0.6) is 0 Å². The average Bonchev–Trinajstić information content (AvgIpc) is 2.18. The average molecular weight is 292 g/mol. The molecular formula is C10H14ClN3O3S. The molecule has 0 spiro atoms. The number of nitrogens with zero attached hydrogens (tertiary/aromatic N) is 1. The number of nitrogen functional groups attached to an aromatic ring is 1. The first-order valence-corrected chi connectivity index (χ1v) is 7.52. The first-order chi connectivity index (χ1) is 8.19. The molecule has 100 valence electrons. The summed E-state index contributed by atoms with van der Waals surface area (Å²) in [5.41, 5.74) is 5.93. The Morgan fingerprint density at radius 3 is 2.78 bits per heavy atom. The van der Waals surface area contributed by atoms with Gasteiger partial charge in [0.2, 0.25) is 0 Å². The molecule has 6 nitrogen and oxygen atoms in total. The zero-order valence-electron chi connectivity index (χ0n) is 9.97. The number of halogens is 1. The molecule has 0 fully saturated rings. The van der Waals surface area contributed by atoms with Crippen molar-refractivity contribution >= 4 is 33.0 Å². The van der Waals surface area contributed by atoms with E-state index in [1.165, 1.54) is 12.3 Å². The summed E-state index contributed by atoms with van der Waals surface area (Å²) in [4.78, 5) is 15.6. The van der Waals surface area contributed by atoms with Crippen LogP contribution < -0.4 is 11.1 Å². The highest BCUT2D eigenvalue weighted by Gasteiger charge is 2.17. The quantitative estimate of drug-likeness (QED) is 0.786. The first-order valence-electron chi connectivity index (χ1n) is 5.08. The monoisotopic (exact) mass is 291 g/mol. The number of carbonyl (C=O) groups excluding carboxylic acids is 1. The number of hydrogen-bond donors (Lipinski definition) is 2. The molecule has 1 aromatic rings. The van der Waals surface area contributed by atoms with E-state index in [4.69, 9.17) is 17.3 Å². The van der Waals surface area contributed by atoms with Crippen LogP contribution in [0.4, 0.5) is 5.69 Å². The lowest BCUT2D eigenvalue weighted by Gasteiger charge is -2.13. The van der Waals surface area contributed by atoms with E-state index >= 15 is 0 Å². The molecule has 0 aliphatic heterocycles. The maximum absolute atomic E-state index is 11.8. The van der Waals surface area contributed by atoms with Gasteiger partial charge in [-0.3, -0.25) is 4.79 Å². The predicted molar refractivity (Wildman–Crippen MR) is 70.3 cm³/mol. The maximum atomic E-state index is 11.8. The molecule has 0 saturated heterocycles. The number of pyridine rings is 1. The summed E-state index contributed by atoms with van der Waals surface area (Å²) in [6.07, 6.45) is 2.43. The summed E-state index contributed by atoms with van der Waals surface area (Å²) in [7, 11) is -3.16. The van der Waals surface area contributed by atoms with Gasteiger partial charge in [-0.1, -0.05) is 11.6 Å². The van der Waals surface area contributed by atoms with Crippen molar-refractivity contribution in [2.75, 3.05) is 17.7 Å². The molecule has 1 rings (SSSR count). The number of nitrogens with one attached hydrogen (secondary N) is 1. The molecule has 1 amide bonds. The Morgan fingerprint density at radius 2 is 2.22 bits per heavy atom. The van der Waals surface area contributed by atoms with Crippen molar-refractivity contribution < 1.29 is 13.2 Å². The summed E-state index contributed by atoms with van der Waals surface area (Å²) in [6, 6.07) is 0.864. The largest absolute Gasteiger partial charge is 0.397 e. The van der Waals surface area contributed by atoms with E-state index in [1.807, 2.05) is 0 Å². The van der Waals surface area contributed by atoms with Crippen LogP contribution in [-0.2, 0) is 9.84 Å². The molecule has 8 heteroatoms. The molecule has 1 heterocycles. The molecule has 0 aliphatic carbocycles. The number of carbonyl (C=O) groups is 1. The third-order valence-corrected chi connectivity index (χ3v) is 3.44. The van der Waals surface area contributed by atoms with Gasteiger partial charge >= 0.3 is 0 Å². The van der Waals surface area contributed by atoms with E-state index < -0.39 is 21.8 Å². The number of amides is 1. The van der Waals surface area contributed by atoms with Gasteiger partial charge < -0.3 is 11.1 Å². The topological polar surface area (TPSA) is 102 Å². The lowest BCUT2D eigenvalue weighted by Crippen LogP contribution is -2.37. The van der Waals surface area contributed by atoms with Crippen LogP contribution >= 0.6 is 11.6 Å². The third-order valence-electron chi connectivity index (χ3n) is 2.04. The van der Waals surface area contributed by atoms with Gasteiger partial charge in [0.05, 0.1) is 23.2 Å². The minimum Gasteiger partial charge on any atom is -0.397 e. The van der Waals surface area contributed by atoms with Gasteiger partial charge in [-0.15, -0.1) is 0 Å². The van der Waals surface area contributed by atoms with Gasteiger partial charge in [-0.05, 0) is 13.0 Å². The van der Waals surface area contributed by atoms with Crippen molar-refractivity contribution in [3.8, 4) is 0 Å². The Bertz CT molecular complexity index is 559. The maximum Gasteiger partial charge on any atom is 0.254 e. The van der Waals surface area contributed by atoms with Gasteiger partial charge in [0, 0.05) is 12.3 Å². The van der Waals surface area contributed by atoms with Crippen LogP contribution in [0.1, 0.15) is 17.3 Å². The van der Waals surface area contributed by atoms with Crippen molar-refractivity contribution in [2.24, 2.45) is 0 Å². The van der Waals surface area contributed by atoms with E-state index in [0.717, 1.165) is 6.26 Å². The van der Waals surface area contributed by atoms with E-state index in [0.29, 0.717) is 5.69 Å². The Labute approximate surface area is 110 Å². The number of hydrogen-bond acceptors (Lipinski definition) is 5. The van der Waals surface area contributed by atoms with E-state index in [-0.39, 0.29) is 16.5 Å². The summed E-state index contributed by atoms with van der Waals surface area (Å²) >= 11 is 5.76. The summed E-state index contributed by atoms with van der Waals surface area (Å²) < 4.78 is 22.1. The molecule has 1 aromatic heterocycles. The molecule has 18 heavy (non-hydrogen) atoms. The molecule has 0 aliphatic rings. The first kappa shape index (κ1) is 14.7. The molecule has 1 unspecified atom stereocenters. The molecule has 0 radical (unpaired) electrons. The Balaban J connectivity index is 2.80. The molecule has 0 saturated carbocycles. The smallest absolute Gasteiger partial charge is 0.254 e.